The molecule has 0 radical (unpaired) electrons. The summed E-state index contributed by atoms with van der Waals surface area (Å²) in [6.07, 6.45) is 5.54. The van der Waals surface area contributed by atoms with Crippen LogP contribution in [0.25, 0.3) is 0 Å². The van der Waals surface area contributed by atoms with Crippen molar-refractivity contribution in [3.05, 3.63) is 48.0 Å². The Labute approximate surface area is 141 Å². The average molecular weight is 324 g/mol. The van der Waals surface area contributed by atoms with E-state index in [0.717, 1.165) is 38.3 Å². The molecule has 1 spiro atoms. The van der Waals surface area contributed by atoms with Gasteiger partial charge in [-0.25, -0.2) is 4.98 Å². The van der Waals surface area contributed by atoms with Gasteiger partial charge in [0.05, 0.1) is 30.8 Å². The van der Waals surface area contributed by atoms with E-state index in [-0.39, 0.29) is 11.6 Å². The number of likely N-dealkylation sites (tertiary alicyclic amines) is 1. The molecule has 0 aliphatic carbocycles. The maximum atomic E-state index is 8.95. The Hall–Kier alpha value is -2.36. The van der Waals surface area contributed by atoms with Gasteiger partial charge in [0.2, 0.25) is 0 Å². The van der Waals surface area contributed by atoms with Crippen molar-refractivity contribution in [2.24, 2.45) is 0 Å². The van der Waals surface area contributed by atoms with E-state index in [2.05, 4.69) is 21.3 Å². The number of ether oxygens (including phenoxy) is 1. The maximum Gasteiger partial charge on any atom is 0.142 e. The highest BCUT2D eigenvalue weighted by Gasteiger charge is 2.45. The van der Waals surface area contributed by atoms with Gasteiger partial charge >= 0.3 is 0 Å². The summed E-state index contributed by atoms with van der Waals surface area (Å²) in [7, 11) is 0. The molecular formula is C18H20N4O2. The van der Waals surface area contributed by atoms with Crippen LogP contribution in [0.3, 0.4) is 0 Å². The van der Waals surface area contributed by atoms with Crippen molar-refractivity contribution < 1.29 is 9.15 Å². The van der Waals surface area contributed by atoms with Gasteiger partial charge in [-0.05, 0) is 24.6 Å². The number of pyridine rings is 1. The summed E-state index contributed by atoms with van der Waals surface area (Å²) in [4.78, 5) is 6.70. The fourth-order valence-electron chi connectivity index (χ4n) is 3.71. The monoisotopic (exact) mass is 324 g/mol. The highest BCUT2D eigenvalue weighted by Crippen LogP contribution is 2.36. The minimum absolute atomic E-state index is 0.0613. The third-order valence-electron chi connectivity index (χ3n) is 4.81. The van der Waals surface area contributed by atoms with Crippen LogP contribution in [-0.2, 0) is 11.3 Å². The van der Waals surface area contributed by atoms with Gasteiger partial charge < -0.3 is 14.5 Å². The van der Waals surface area contributed by atoms with Gasteiger partial charge in [-0.2, -0.15) is 5.26 Å². The smallest absolute Gasteiger partial charge is 0.142 e. The van der Waals surface area contributed by atoms with E-state index < -0.39 is 0 Å². The highest BCUT2D eigenvalue weighted by molar-refractivity contribution is 5.39. The number of nitriles is 1. The molecule has 2 saturated heterocycles. The molecule has 2 aromatic rings. The van der Waals surface area contributed by atoms with Crippen LogP contribution in [0, 0.1) is 11.3 Å². The molecule has 0 saturated carbocycles. The molecule has 0 bridgehead atoms. The van der Waals surface area contributed by atoms with Crippen molar-refractivity contribution in [3.63, 3.8) is 0 Å². The quantitative estimate of drug-likeness (QED) is 0.931. The van der Waals surface area contributed by atoms with Crippen molar-refractivity contribution in [1.82, 2.24) is 9.88 Å². The molecule has 4 rings (SSSR count). The molecule has 6 heteroatoms. The van der Waals surface area contributed by atoms with Crippen LogP contribution in [-0.4, -0.2) is 41.2 Å². The zero-order valence-corrected chi connectivity index (χ0v) is 13.4. The van der Waals surface area contributed by atoms with E-state index in [0.29, 0.717) is 12.3 Å². The van der Waals surface area contributed by atoms with Gasteiger partial charge in [0.25, 0.3) is 0 Å². The van der Waals surface area contributed by atoms with Crippen LogP contribution in [0.2, 0.25) is 0 Å². The number of furan rings is 1. The van der Waals surface area contributed by atoms with E-state index in [9.17, 15) is 0 Å². The SMILES string of the molecule is N#Cc1cccc(N[C@H]2CO[C@@]3(CCN(Cc4ccoc4)C3)C2)n1. The minimum atomic E-state index is -0.0613. The molecule has 0 unspecified atom stereocenters. The second kappa shape index (κ2) is 6.27. The molecule has 2 atom stereocenters. The van der Waals surface area contributed by atoms with E-state index in [1.165, 1.54) is 5.56 Å². The molecule has 24 heavy (non-hydrogen) atoms. The van der Waals surface area contributed by atoms with Crippen molar-refractivity contribution >= 4 is 5.82 Å². The number of aromatic nitrogens is 1. The summed E-state index contributed by atoms with van der Waals surface area (Å²) >= 11 is 0. The van der Waals surface area contributed by atoms with Crippen molar-refractivity contribution in [1.29, 1.82) is 5.26 Å². The first-order valence-corrected chi connectivity index (χ1v) is 8.26. The molecule has 2 aromatic heterocycles. The molecule has 0 amide bonds. The van der Waals surface area contributed by atoms with Crippen molar-refractivity contribution in [2.45, 2.75) is 31.0 Å². The molecule has 2 aliphatic heterocycles. The molecule has 2 aliphatic rings. The van der Waals surface area contributed by atoms with E-state index in [1.54, 1.807) is 18.6 Å². The lowest BCUT2D eigenvalue weighted by Gasteiger charge is -2.23. The molecule has 2 fully saturated rings. The van der Waals surface area contributed by atoms with E-state index >= 15 is 0 Å². The summed E-state index contributed by atoms with van der Waals surface area (Å²) in [6.45, 7) is 3.57. The fraction of sp³-hybridized carbons (Fsp3) is 0.444. The van der Waals surface area contributed by atoms with Crippen molar-refractivity contribution in [3.8, 4) is 6.07 Å². The standard InChI is InChI=1S/C18H20N4O2/c19-9-15-2-1-3-17(20-15)21-16-8-18(24-12-16)5-6-22(13-18)10-14-4-7-23-11-14/h1-4,7,11,16H,5-6,8,10,12-13H2,(H,20,21)/t16-,18+/m1/s1. The average Bonchev–Trinajstić information content (AvgIpc) is 3.32. The van der Waals surface area contributed by atoms with Crippen LogP contribution in [0.5, 0.6) is 0 Å². The Morgan fingerprint density at radius 2 is 2.38 bits per heavy atom. The predicted molar refractivity (Wildman–Crippen MR) is 88.3 cm³/mol. The number of hydrogen-bond acceptors (Lipinski definition) is 6. The molecule has 0 aromatic carbocycles. The van der Waals surface area contributed by atoms with Gasteiger partial charge in [0.1, 0.15) is 17.6 Å². The second-order valence-corrected chi connectivity index (χ2v) is 6.65. The van der Waals surface area contributed by atoms with Gasteiger partial charge in [-0.1, -0.05) is 6.07 Å². The first-order chi connectivity index (χ1) is 11.7. The van der Waals surface area contributed by atoms with Gasteiger partial charge in [-0.15, -0.1) is 0 Å². The highest BCUT2D eigenvalue weighted by atomic mass is 16.5. The zero-order valence-electron chi connectivity index (χ0n) is 13.4. The number of rotatable bonds is 4. The van der Waals surface area contributed by atoms with Crippen molar-refractivity contribution in [2.75, 3.05) is 25.0 Å². The lowest BCUT2D eigenvalue weighted by atomic mass is 9.97. The Kier molecular flexibility index (Phi) is 3.97. The maximum absolute atomic E-state index is 8.95. The topological polar surface area (TPSA) is 74.3 Å². The summed E-state index contributed by atoms with van der Waals surface area (Å²) < 4.78 is 11.3. The third-order valence-corrected chi connectivity index (χ3v) is 4.81. The largest absolute Gasteiger partial charge is 0.472 e. The molecule has 1 N–H and O–H groups in total. The lowest BCUT2D eigenvalue weighted by Crippen LogP contribution is -2.33. The first-order valence-electron chi connectivity index (χ1n) is 8.26. The fourth-order valence-corrected chi connectivity index (χ4v) is 3.71. The van der Waals surface area contributed by atoms with Gasteiger partial charge in [-0.3, -0.25) is 4.90 Å². The Bertz CT molecular complexity index is 740. The second-order valence-electron chi connectivity index (χ2n) is 6.65. The predicted octanol–water partition coefficient (Wildman–Crippen LogP) is 2.39. The first kappa shape index (κ1) is 15.2. The summed E-state index contributed by atoms with van der Waals surface area (Å²) in [5, 5.41) is 12.4. The Morgan fingerprint density at radius 3 is 3.21 bits per heavy atom. The number of nitrogens with zero attached hydrogens (tertiary/aromatic N) is 3. The minimum Gasteiger partial charge on any atom is -0.472 e. The molecule has 124 valence electrons. The number of nitrogens with one attached hydrogen (secondary N) is 1. The Morgan fingerprint density at radius 1 is 1.42 bits per heavy atom. The van der Waals surface area contributed by atoms with Crippen LogP contribution in [0.1, 0.15) is 24.1 Å². The van der Waals surface area contributed by atoms with Crippen LogP contribution >= 0.6 is 0 Å². The molecular weight excluding hydrogens is 304 g/mol. The van der Waals surface area contributed by atoms with Gasteiger partial charge in [0, 0.05) is 31.6 Å². The van der Waals surface area contributed by atoms with Crippen LogP contribution in [0.15, 0.2) is 41.2 Å². The van der Waals surface area contributed by atoms with Crippen LogP contribution in [0.4, 0.5) is 5.82 Å². The summed E-state index contributed by atoms with van der Waals surface area (Å²) in [5.41, 5.74) is 1.58. The normalized spacial score (nSPS) is 26.7. The number of hydrogen-bond donors (Lipinski definition) is 1. The molecule has 6 nitrogen and oxygen atoms in total. The zero-order chi connectivity index (χ0) is 16.4. The van der Waals surface area contributed by atoms with E-state index in [1.807, 2.05) is 18.2 Å². The summed E-state index contributed by atoms with van der Waals surface area (Å²) in [6, 6.07) is 9.77. The van der Waals surface area contributed by atoms with Gasteiger partial charge in [0.15, 0.2) is 0 Å². The lowest BCUT2D eigenvalue weighted by molar-refractivity contribution is 0.0120. The van der Waals surface area contributed by atoms with E-state index in [4.69, 9.17) is 14.4 Å². The number of anilines is 1. The third kappa shape index (κ3) is 3.14. The Balaban J connectivity index is 1.35. The van der Waals surface area contributed by atoms with Crippen LogP contribution < -0.4 is 5.32 Å². The molecule has 4 heterocycles. The summed E-state index contributed by atoms with van der Waals surface area (Å²) in [5.74, 6) is 0.743.